The van der Waals surface area contributed by atoms with Crippen molar-refractivity contribution in [3.8, 4) is 0 Å². The molecule has 1 fully saturated rings. The Morgan fingerprint density at radius 1 is 1.50 bits per heavy atom. The van der Waals surface area contributed by atoms with Crippen LogP contribution in [0.4, 0.5) is 0 Å². The number of nitrogens with zero attached hydrogens (tertiary/aromatic N) is 3. The summed E-state index contributed by atoms with van der Waals surface area (Å²) in [6.45, 7) is 3.79. The SMILES string of the molecule is CCc1csc(C2CCCN(C(=O)Cc3cccnc3)C2)n1. The van der Waals surface area contributed by atoms with Crippen LogP contribution in [0.2, 0.25) is 0 Å². The van der Waals surface area contributed by atoms with Crippen molar-refractivity contribution in [3.05, 3.63) is 46.2 Å². The standard InChI is InChI=1S/C17H21N3OS/c1-2-15-12-22-17(19-15)14-6-4-8-20(11-14)16(21)9-13-5-3-7-18-10-13/h3,5,7,10,12,14H,2,4,6,8-9,11H2,1H3. The van der Waals surface area contributed by atoms with E-state index in [4.69, 9.17) is 4.98 Å². The van der Waals surface area contributed by atoms with Crippen molar-refractivity contribution in [2.45, 2.75) is 38.5 Å². The van der Waals surface area contributed by atoms with Gasteiger partial charge in [-0.25, -0.2) is 4.98 Å². The Kier molecular flexibility index (Phi) is 4.83. The average molecular weight is 315 g/mol. The number of carbonyl (C=O) groups excluding carboxylic acids is 1. The molecule has 0 bridgehead atoms. The predicted octanol–water partition coefficient (Wildman–Crippen LogP) is 3.05. The fourth-order valence-corrected chi connectivity index (χ4v) is 3.90. The van der Waals surface area contributed by atoms with E-state index in [1.165, 1.54) is 10.7 Å². The molecule has 3 heterocycles. The molecule has 116 valence electrons. The molecule has 0 aromatic carbocycles. The molecular formula is C17H21N3OS. The van der Waals surface area contributed by atoms with E-state index in [2.05, 4.69) is 17.3 Å². The predicted molar refractivity (Wildman–Crippen MR) is 88.0 cm³/mol. The van der Waals surface area contributed by atoms with Gasteiger partial charge in [0.15, 0.2) is 0 Å². The number of pyridine rings is 1. The van der Waals surface area contributed by atoms with Gasteiger partial charge in [0, 0.05) is 36.8 Å². The van der Waals surface area contributed by atoms with Crippen molar-refractivity contribution in [1.82, 2.24) is 14.9 Å². The topological polar surface area (TPSA) is 46.1 Å². The summed E-state index contributed by atoms with van der Waals surface area (Å²) in [5.41, 5.74) is 2.15. The zero-order valence-corrected chi connectivity index (χ0v) is 13.7. The Balaban J connectivity index is 1.63. The third kappa shape index (κ3) is 3.53. The number of carbonyl (C=O) groups is 1. The molecule has 1 unspecified atom stereocenters. The fourth-order valence-electron chi connectivity index (χ4n) is 2.87. The zero-order valence-electron chi connectivity index (χ0n) is 12.9. The lowest BCUT2D eigenvalue weighted by Gasteiger charge is -2.32. The molecule has 1 amide bonds. The smallest absolute Gasteiger partial charge is 0.227 e. The molecule has 1 aliphatic rings. The molecule has 3 rings (SSSR count). The summed E-state index contributed by atoms with van der Waals surface area (Å²) < 4.78 is 0. The number of hydrogen-bond donors (Lipinski definition) is 0. The maximum absolute atomic E-state index is 12.5. The van der Waals surface area contributed by atoms with Gasteiger partial charge in [0.1, 0.15) is 0 Å². The van der Waals surface area contributed by atoms with Crippen LogP contribution in [-0.4, -0.2) is 33.9 Å². The molecule has 4 nitrogen and oxygen atoms in total. The Hall–Kier alpha value is -1.75. The molecule has 2 aromatic heterocycles. The number of amides is 1. The highest BCUT2D eigenvalue weighted by Gasteiger charge is 2.26. The van der Waals surface area contributed by atoms with E-state index in [0.29, 0.717) is 12.3 Å². The molecule has 2 aromatic rings. The van der Waals surface area contributed by atoms with Gasteiger partial charge >= 0.3 is 0 Å². The first-order chi connectivity index (χ1) is 10.8. The summed E-state index contributed by atoms with van der Waals surface area (Å²) in [5.74, 6) is 0.599. The van der Waals surface area contributed by atoms with Crippen LogP contribution in [0.25, 0.3) is 0 Å². The van der Waals surface area contributed by atoms with Crippen molar-refractivity contribution in [1.29, 1.82) is 0 Å². The minimum Gasteiger partial charge on any atom is -0.342 e. The Morgan fingerprint density at radius 3 is 3.14 bits per heavy atom. The van der Waals surface area contributed by atoms with Crippen molar-refractivity contribution < 1.29 is 4.79 Å². The molecule has 1 aliphatic heterocycles. The number of aryl methyl sites for hydroxylation is 1. The summed E-state index contributed by atoms with van der Waals surface area (Å²) in [5, 5.41) is 3.34. The summed E-state index contributed by atoms with van der Waals surface area (Å²) >= 11 is 1.74. The van der Waals surface area contributed by atoms with Gasteiger partial charge in [-0.3, -0.25) is 9.78 Å². The lowest BCUT2D eigenvalue weighted by Crippen LogP contribution is -2.39. The quantitative estimate of drug-likeness (QED) is 0.871. The molecule has 0 saturated carbocycles. The number of hydrogen-bond acceptors (Lipinski definition) is 4. The van der Waals surface area contributed by atoms with Gasteiger partial charge in [-0.15, -0.1) is 11.3 Å². The number of thiazole rings is 1. The van der Waals surface area contributed by atoms with Crippen LogP contribution >= 0.6 is 11.3 Å². The number of piperidine rings is 1. The van der Waals surface area contributed by atoms with Gasteiger partial charge in [-0.1, -0.05) is 13.0 Å². The molecular weight excluding hydrogens is 294 g/mol. The molecule has 0 spiro atoms. The van der Waals surface area contributed by atoms with Crippen LogP contribution < -0.4 is 0 Å². The summed E-state index contributed by atoms with van der Waals surface area (Å²) in [4.78, 5) is 23.3. The van der Waals surface area contributed by atoms with Crippen LogP contribution in [0, 0.1) is 0 Å². The second-order valence-corrected chi connectivity index (χ2v) is 6.64. The maximum Gasteiger partial charge on any atom is 0.227 e. The molecule has 1 saturated heterocycles. The highest BCUT2D eigenvalue weighted by molar-refractivity contribution is 7.09. The van der Waals surface area contributed by atoms with Gasteiger partial charge in [0.2, 0.25) is 5.91 Å². The minimum absolute atomic E-state index is 0.199. The lowest BCUT2D eigenvalue weighted by molar-refractivity contribution is -0.131. The van der Waals surface area contributed by atoms with Crippen molar-refractivity contribution in [2.24, 2.45) is 0 Å². The van der Waals surface area contributed by atoms with Crippen LogP contribution in [0.5, 0.6) is 0 Å². The highest BCUT2D eigenvalue weighted by atomic mass is 32.1. The summed E-state index contributed by atoms with van der Waals surface area (Å²) in [7, 11) is 0. The van der Waals surface area contributed by atoms with Gasteiger partial charge in [-0.05, 0) is 30.9 Å². The van der Waals surface area contributed by atoms with E-state index in [1.54, 1.807) is 23.7 Å². The van der Waals surface area contributed by atoms with Crippen LogP contribution in [0.1, 0.15) is 41.9 Å². The van der Waals surface area contributed by atoms with E-state index < -0.39 is 0 Å². The van der Waals surface area contributed by atoms with Crippen LogP contribution in [0.3, 0.4) is 0 Å². The first-order valence-corrected chi connectivity index (χ1v) is 8.75. The van der Waals surface area contributed by atoms with Gasteiger partial charge in [0.25, 0.3) is 0 Å². The normalized spacial score (nSPS) is 18.4. The van der Waals surface area contributed by atoms with Crippen LogP contribution in [0.15, 0.2) is 29.9 Å². The third-order valence-electron chi connectivity index (χ3n) is 4.13. The summed E-state index contributed by atoms with van der Waals surface area (Å²) in [6.07, 6.45) is 7.12. The Morgan fingerprint density at radius 2 is 2.41 bits per heavy atom. The molecule has 0 aliphatic carbocycles. The molecule has 22 heavy (non-hydrogen) atoms. The molecule has 1 atom stereocenters. The number of aromatic nitrogens is 2. The zero-order chi connectivity index (χ0) is 15.4. The van der Waals surface area contributed by atoms with Gasteiger partial charge in [-0.2, -0.15) is 0 Å². The minimum atomic E-state index is 0.199. The number of rotatable bonds is 4. The summed E-state index contributed by atoms with van der Waals surface area (Å²) in [6, 6.07) is 3.84. The van der Waals surface area contributed by atoms with Crippen molar-refractivity contribution in [3.63, 3.8) is 0 Å². The Labute approximate surface area is 135 Å². The van der Waals surface area contributed by atoms with Crippen molar-refractivity contribution >= 4 is 17.2 Å². The number of likely N-dealkylation sites (tertiary alicyclic amines) is 1. The monoisotopic (exact) mass is 315 g/mol. The first kappa shape index (κ1) is 15.2. The lowest BCUT2D eigenvalue weighted by atomic mass is 9.98. The second kappa shape index (κ2) is 7.01. The van der Waals surface area contributed by atoms with Gasteiger partial charge < -0.3 is 4.90 Å². The van der Waals surface area contributed by atoms with E-state index >= 15 is 0 Å². The third-order valence-corrected chi connectivity index (χ3v) is 5.19. The van der Waals surface area contributed by atoms with E-state index in [0.717, 1.165) is 37.9 Å². The maximum atomic E-state index is 12.5. The van der Waals surface area contributed by atoms with E-state index in [1.807, 2.05) is 17.0 Å². The Bertz CT molecular complexity index is 626. The second-order valence-electron chi connectivity index (χ2n) is 5.75. The largest absolute Gasteiger partial charge is 0.342 e. The van der Waals surface area contributed by atoms with Crippen molar-refractivity contribution in [2.75, 3.05) is 13.1 Å². The molecule has 0 radical (unpaired) electrons. The fraction of sp³-hybridized carbons (Fsp3) is 0.471. The first-order valence-electron chi connectivity index (χ1n) is 7.87. The molecule has 5 heteroatoms. The molecule has 0 N–H and O–H groups in total. The van der Waals surface area contributed by atoms with E-state index in [-0.39, 0.29) is 5.91 Å². The average Bonchev–Trinajstić information content (AvgIpc) is 3.05. The highest BCUT2D eigenvalue weighted by Crippen LogP contribution is 2.29. The van der Waals surface area contributed by atoms with Gasteiger partial charge in [0.05, 0.1) is 17.1 Å². The van der Waals surface area contributed by atoms with E-state index in [9.17, 15) is 4.79 Å². The van der Waals surface area contributed by atoms with Crippen LogP contribution in [-0.2, 0) is 17.6 Å².